The van der Waals surface area contributed by atoms with Crippen LogP contribution in [0.5, 0.6) is 5.75 Å². The van der Waals surface area contributed by atoms with Gasteiger partial charge >= 0.3 is 23.8 Å². The number of hydrogen-bond donors (Lipinski definition) is 1. The van der Waals surface area contributed by atoms with Crippen LogP contribution in [0.4, 0.5) is 19.0 Å². The molecule has 0 fully saturated rings. The molecule has 0 atom stereocenters. The number of nitrogens with one attached hydrogen (secondary N) is 1. The second kappa shape index (κ2) is 15.1. The molecule has 0 aliphatic carbocycles. The zero-order chi connectivity index (χ0) is 30.6. The van der Waals surface area contributed by atoms with E-state index in [9.17, 15) is 32.3 Å². The molecule has 1 aromatic heterocycles. The highest BCUT2D eigenvalue weighted by molar-refractivity contribution is 5.81. The topological polar surface area (TPSA) is 131 Å². The van der Waals surface area contributed by atoms with Crippen molar-refractivity contribution < 1.29 is 37.0 Å². The van der Waals surface area contributed by atoms with Gasteiger partial charge in [-0.2, -0.15) is 13.2 Å². The Morgan fingerprint density at radius 2 is 1.71 bits per heavy atom. The quantitative estimate of drug-likeness (QED) is 0.248. The van der Waals surface area contributed by atoms with Crippen LogP contribution >= 0.6 is 0 Å². The number of rotatable bonds is 15. The smallest absolute Gasteiger partial charge is 0.389 e. The van der Waals surface area contributed by atoms with E-state index >= 15 is 0 Å². The maximum atomic E-state index is 12.9. The molecule has 11 nitrogen and oxygen atoms in total. The van der Waals surface area contributed by atoms with Gasteiger partial charge in [0, 0.05) is 25.6 Å². The fourth-order valence-corrected chi connectivity index (χ4v) is 3.55. The van der Waals surface area contributed by atoms with E-state index in [1.807, 2.05) is 0 Å². The van der Waals surface area contributed by atoms with E-state index in [2.05, 4.69) is 10.4 Å². The van der Waals surface area contributed by atoms with Crippen molar-refractivity contribution in [1.29, 1.82) is 0 Å². The van der Waals surface area contributed by atoms with Crippen LogP contribution in [0.2, 0.25) is 0 Å². The Hall–Kier alpha value is -4.10. The zero-order valence-corrected chi connectivity index (χ0v) is 23.5. The number of alkyl halides is 3. The summed E-state index contributed by atoms with van der Waals surface area (Å²) < 4.78 is 55.0. The number of hydrogen-bond acceptors (Lipinski definition) is 9. The molecule has 226 valence electrons. The minimum atomic E-state index is -4.44. The summed E-state index contributed by atoms with van der Waals surface area (Å²) in [5.74, 6) is -0.913. The summed E-state index contributed by atoms with van der Waals surface area (Å²) in [7, 11) is 0. The van der Waals surface area contributed by atoms with E-state index in [0.29, 0.717) is 16.7 Å². The lowest BCUT2D eigenvalue weighted by molar-refractivity contribution is -0.158. The molecule has 2 rings (SSSR count). The standard InChI is InChI=1S/C27H35F3N4O7/c1-5-39-21(35)9-7-18-34-25(38)33(17-8-15-27(28,29)30)23(36)22(32-34)31-16-14-19-10-12-20(13-11-19)41-26(3,4)24(37)40-6-2/h7,9-13H,5-6,8,14-18H2,1-4H3,(H,31,32). The third-order valence-corrected chi connectivity index (χ3v) is 5.55. The number of aromatic nitrogens is 3. The van der Waals surface area contributed by atoms with Crippen LogP contribution in [0.1, 0.15) is 46.1 Å². The largest absolute Gasteiger partial charge is 0.476 e. The highest BCUT2D eigenvalue weighted by atomic mass is 19.4. The van der Waals surface area contributed by atoms with Crippen LogP contribution in [0.3, 0.4) is 0 Å². The van der Waals surface area contributed by atoms with Crippen molar-refractivity contribution in [2.45, 2.75) is 71.8 Å². The van der Waals surface area contributed by atoms with E-state index in [0.717, 1.165) is 16.3 Å². The van der Waals surface area contributed by atoms with Gasteiger partial charge in [-0.15, -0.1) is 5.10 Å². The van der Waals surface area contributed by atoms with Gasteiger partial charge in [-0.1, -0.05) is 18.2 Å². The van der Waals surface area contributed by atoms with Crippen molar-refractivity contribution in [2.24, 2.45) is 0 Å². The van der Waals surface area contributed by atoms with Crippen LogP contribution in [-0.4, -0.2) is 57.8 Å². The molecule has 0 saturated heterocycles. The van der Waals surface area contributed by atoms with Gasteiger partial charge in [-0.05, 0) is 58.2 Å². The minimum Gasteiger partial charge on any atom is -0.476 e. The van der Waals surface area contributed by atoms with Gasteiger partial charge in [0.25, 0.3) is 5.56 Å². The van der Waals surface area contributed by atoms with Crippen molar-refractivity contribution in [3.63, 3.8) is 0 Å². The SMILES string of the molecule is CCOC(=O)C=CCn1nc(NCCc2ccc(OC(C)(C)C(=O)OCC)cc2)c(=O)n(CCCC(F)(F)F)c1=O. The summed E-state index contributed by atoms with van der Waals surface area (Å²) in [5.41, 5.74) is -2.10. The Balaban J connectivity index is 2.16. The minimum absolute atomic E-state index is 0.154. The molecule has 14 heteroatoms. The summed E-state index contributed by atoms with van der Waals surface area (Å²) in [6.07, 6.45) is -3.27. The summed E-state index contributed by atoms with van der Waals surface area (Å²) in [6, 6.07) is 6.89. The Labute approximate surface area is 234 Å². The molecule has 2 aromatic rings. The van der Waals surface area contributed by atoms with Gasteiger partial charge in [0.1, 0.15) is 5.75 Å². The number of carbonyl (C=O) groups excluding carboxylic acids is 2. The molecule has 0 saturated carbocycles. The molecule has 1 aromatic carbocycles. The number of allylic oxidation sites excluding steroid dienone is 1. The second-order valence-corrected chi connectivity index (χ2v) is 9.30. The van der Waals surface area contributed by atoms with Crippen molar-refractivity contribution in [3.05, 3.63) is 62.8 Å². The van der Waals surface area contributed by atoms with Gasteiger partial charge in [0.2, 0.25) is 5.82 Å². The first-order valence-electron chi connectivity index (χ1n) is 13.1. The van der Waals surface area contributed by atoms with Crippen LogP contribution in [0.15, 0.2) is 46.0 Å². The Morgan fingerprint density at radius 3 is 2.32 bits per heavy atom. The van der Waals surface area contributed by atoms with E-state index < -0.39 is 54.4 Å². The van der Waals surface area contributed by atoms with E-state index in [4.69, 9.17) is 14.2 Å². The predicted molar refractivity (Wildman–Crippen MR) is 144 cm³/mol. The van der Waals surface area contributed by atoms with Crippen molar-refractivity contribution >= 4 is 17.8 Å². The molecule has 1 N–H and O–H groups in total. The van der Waals surface area contributed by atoms with Crippen molar-refractivity contribution in [2.75, 3.05) is 25.1 Å². The number of benzene rings is 1. The first kappa shape index (κ1) is 33.1. The molecule has 0 spiro atoms. The summed E-state index contributed by atoms with van der Waals surface area (Å²) in [6.45, 7) is 6.43. The third-order valence-electron chi connectivity index (χ3n) is 5.55. The van der Waals surface area contributed by atoms with Gasteiger partial charge in [0.15, 0.2) is 5.60 Å². The first-order chi connectivity index (χ1) is 19.3. The molecular weight excluding hydrogens is 549 g/mol. The van der Waals surface area contributed by atoms with E-state index in [1.54, 1.807) is 52.0 Å². The maximum absolute atomic E-state index is 12.9. The van der Waals surface area contributed by atoms with Gasteiger partial charge in [0.05, 0.1) is 19.8 Å². The molecule has 0 radical (unpaired) electrons. The molecular formula is C27H35F3N4O7. The fourth-order valence-electron chi connectivity index (χ4n) is 3.55. The molecule has 1 heterocycles. The molecule has 0 unspecified atom stereocenters. The maximum Gasteiger partial charge on any atom is 0.389 e. The summed E-state index contributed by atoms with van der Waals surface area (Å²) in [4.78, 5) is 49.2. The van der Waals surface area contributed by atoms with Gasteiger partial charge in [-0.25, -0.2) is 19.1 Å². The van der Waals surface area contributed by atoms with Crippen LogP contribution in [0, 0.1) is 0 Å². The highest BCUT2D eigenvalue weighted by Gasteiger charge is 2.31. The number of nitrogens with zero attached hydrogens (tertiary/aromatic N) is 3. The lowest BCUT2D eigenvalue weighted by atomic mass is 10.1. The van der Waals surface area contributed by atoms with Crippen molar-refractivity contribution in [1.82, 2.24) is 14.3 Å². The molecule has 41 heavy (non-hydrogen) atoms. The summed E-state index contributed by atoms with van der Waals surface area (Å²) >= 11 is 0. The van der Waals surface area contributed by atoms with E-state index in [1.165, 1.54) is 6.08 Å². The molecule has 0 aliphatic heterocycles. The molecule has 0 amide bonds. The average molecular weight is 585 g/mol. The monoisotopic (exact) mass is 584 g/mol. The lowest BCUT2D eigenvalue weighted by Crippen LogP contribution is -2.43. The number of anilines is 1. The summed E-state index contributed by atoms with van der Waals surface area (Å²) in [5, 5.41) is 6.86. The number of ether oxygens (including phenoxy) is 3. The predicted octanol–water partition coefficient (Wildman–Crippen LogP) is 3.24. The third kappa shape index (κ3) is 10.8. The normalized spacial score (nSPS) is 11.9. The lowest BCUT2D eigenvalue weighted by Gasteiger charge is -2.24. The molecule has 0 aliphatic rings. The molecule has 0 bridgehead atoms. The Kier molecular flexibility index (Phi) is 12.2. The number of halogens is 3. The van der Waals surface area contributed by atoms with Crippen LogP contribution in [-0.2, 0) is 38.6 Å². The number of esters is 2. The first-order valence-corrected chi connectivity index (χ1v) is 13.1. The van der Waals surface area contributed by atoms with Crippen LogP contribution in [0.25, 0.3) is 0 Å². The van der Waals surface area contributed by atoms with Crippen LogP contribution < -0.4 is 21.3 Å². The highest BCUT2D eigenvalue weighted by Crippen LogP contribution is 2.22. The zero-order valence-electron chi connectivity index (χ0n) is 23.5. The fraction of sp³-hybridized carbons (Fsp3) is 0.519. The van der Waals surface area contributed by atoms with Gasteiger partial charge in [-0.3, -0.25) is 9.36 Å². The van der Waals surface area contributed by atoms with Crippen molar-refractivity contribution in [3.8, 4) is 5.75 Å². The number of carbonyl (C=O) groups is 2. The van der Waals surface area contributed by atoms with Gasteiger partial charge < -0.3 is 19.5 Å². The average Bonchev–Trinajstić information content (AvgIpc) is 2.89. The Bertz CT molecular complexity index is 1320. The Morgan fingerprint density at radius 1 is 1.05 bits per heavy atom. The second-order valence-electron chi connectivity index (χ2n) is 9.30. The van der Waals surface area contributed by atoms with E-state index in [-0.39, 0.29) is 32.1 Å².